The molecule has 0 aliphatic rings. The first-order valence-electron chi connectivity index (χ1n) is 11.0. The van der Waals surface area contributed by atoms with E-state index in [0.717, 1.165) is 12.8 Å². The van der Waals surface area contributed by atoms with Crippen molar-refractivity contribution in [1.29, 1.82) is 0 Å². The standard InChI is InChI=1S/C23H31N5O5S/c1-5-6-11-32-18-9-7-8-17(13-18)20-14-21(33-12-10-23(2,3)29)26-22(25-20)27-34(30,31)19-15-24-28(4)16-19/h7-9,13-16,29H,5-6,10-12H2,1-4H3,(H,25,26,27). The van der Waals surface area contributed by atoms with E-state index < -0.39 is 15.6 Å². The monoisotopic (exact) mass is 489 g/mol. The van der Waals surface area contributed by atoms with Gasteiger partial charge in [0, 0.05) is 31.3 Å². The van der Waals surface area contributed by atoms with Crippen molar-refractivity contribution in [3.63, 3.8) is 0 Å². The van der Waals surface area contributed by atoms with Crippen LogP contribution in [0.2, 0.25) is 0 Å². The van der Waals surface area contributed by atoms with Crippen molar-refractivity contribution < 1.29 is 23.0 Å². The molecule has 0 unspecified atom stereocenters. The quantitative estimate of drug-likeness (QED) is 0.371. The fourth-order valence-corrected chi connectivity index (χ4v) is 3.82. The summed E-state index contributed by atoms with van der Waals surface area (Å²) in [6.45, 7) is 6.24. The number of benzene rings is 1. The van der Waals surface area contributed by atoms with Crippen molar-refractivity contribution in [2.24, 2.45) is 7.05 Å². The second-order valence-electron chi connectivity index (χ2n) is 8.51. The highest BCUT2D eigenvalue weighted by atomic mass is 32.2. The van der Waals surface area contributed by atoms with Crippen LogP contribution in [0.4, 0.5) is 5.95 Å². The number of nitrogens with one attached hydrogen (secondary N) is 1. The molecule has 0 saturated carbocycles. The van der Waals surface area contributed by atoms with E-state index in [1.165, 1.54) is 17.1 Å². The number of rotatable bonds is 12. The number of nitrogens with zero attached hydrogens (tertiary/aromatic N) is 4. The number of aliphatic hydroxyl groups is 1. The van der Waals surface area contributed by atoms with Gasteiger partial charge in [-0.05, 0) is 32.4 Å². The van der Waals surface area contributed by atoms with Crippen molar-refractivity contribution in [3.05, 3.63) is 42.7 Å². The van der Waals surface area contributed by atoms with E-state index >= 15 is 0 Å². The Balaban J connectivity index is 1.92. The van der Waals surface area contributed by atoms with Crippen molar-refractivity contribution in [2.45, 2.75) is 50.5 Å². The van der Waals surface area contributed by atoms with Crippen LogP contribution in [-0.4, -0.2) is 52.1 Å². The van der Waals surface area contributed by atoms with Crippen LogP contribution in [-0.2, 0) is 17.1 Å². The molecule has 0 radical (unpaired) electrons. The van der Waals surface area contributed by atoms with Gasteiger partial charge in [0.05, 0.1) is 30.7 Å². The maximum absolute atomic E-state index is 12.8. The maximum Gasteiger partial charge on any atom is 0.267 e. The van der Waals surface area contributed by atoms with Crippen LogP contribution in [0.1, 0.15) is 40.0 Å². The molecule has 0 fully saturated rings. The Kier molecular flexibility index (Phi) is 8.11. The molecule has 3 rings (SSSR count). The highest BCUT2D eigenvalue weighted by Gasteiger charge is 2.20. The molecule has 2 heterocycles. The number of unbranched alkanes of at least 4 members (excludes halogenated alkanes) is 1. The molecule has 0 spiro atoms. The third kappa shape index (κ3) is 7.42. The summed E-state index contributed by atoms with van der Waals surface area (Å²) in [6.07, 6.45) is 4.95. The van der Waals surface area contributed by atoms with Gasteiger partial charge < -0.3 is 14.6 Å². The molecule has 3 aromatic rings. The molecule has 0 amide bonds. The second kappa shape index (κ2) is 10.8. The van der Waals surface area contributed by atoms with Gasteiger partial charge in [0.2, 0.25) is 11.8 Å². The van der Waals surface area contributed by atoms with Gasteiger partial charge in [0.25, 0.3) is 10.0 Å². The van der Waals surface area contributed by atoms with Crippen LogP contribution in [0.5, 0.6) is 11.6 Å². The highest BCUT2D eigenvalue weighted by Crippen LogP contribution is 2.27. The normalized spacial score (nSPS) is 11.9. The molecular weight excluding hydrogens is 458 g/mol. The zero-order valence-corrected chi connectivity index (χ0v) is 20.7. The molecule has 184 valence electrons. The van der Waals surface area contributed by atoms with Gasteiger partial charge in [0.1, 0.15) is 10.6 Å². The predicted molar refractivity (Wildman–Crippen MR) is 128 cm³/mol. The largest absolute Gasteiger partial charge is 0.494 e. The Morgan fingerprint density at radius 2 is 1.94 bits per heavy atom. The summed E-state index contributed by atoms with van der Waals surface area (Å²) in [5.74, 6) is 0.721. The molecule has 34 heavy (non-hydrogen) atoms. The average molecular weight is 490 g/mol. The van der Waals surface area contributed by atoms with Crippen LogP contribution >= 0.6 is 0 Å². The second-order valence-corrected chi connectivity index (χ2v) is 10.2. The van der Waals surface area contributed by atoms with E-state index in [1.807, 2.05) is 24.3 Å². The molecule has 0 saturated heterocycles. The highest BCUT2D eigenvalue weighted by molar-refractivity contribution is 7.92. The molecule has 0 aliphatic carbocycles. The number of sulfonamides is 1. The van der Waals surface area contributed by atoms with Crippen LogP contribution in [0.25, 0.3) is 11.3 Å². The lowest BCUT2D eigenvalue weighted by atomic mass is 10.1. The minimum atomic E-state index is -3.95. The van der Waals surface area contributed by atoms with E-state index in [-0.39, 0.29) is 23.3 Å². The lowest BCUT2D eigenvalue weighted by Crippen LogP contribution is -2.22. The van der Waals surface area contributed by atoms with Crippen LogP contribution < -0.4 is 14.2 Å². The minimum absolute atomic E-state index is 0.0141. The van der Waals surface area contributed by atoms with Crippen molar-refractivity contribution >= 4 is 16.0 Å². The SMILES string of the molecule is CCCCOc1cccc(-c2cc(OCCC(C)(C)O)nc(NS(=O)(=O)c3cnn(C)c3)n2)c1. The topological polar surface area (TPSA) is 128 Å². The zero-order chi connectivity index (χ0) is 24.8. The van der Waals surface area contributed by atoms with Gasteiger partial charge in [-0.1, -0.05) is 25.5 Å². The molecule has 0 atom stereocenters. The van der Waals surface area contributed by atoms with E-state index in [0.29, 0.717) is 30.0 Å². The summed E-state index contributed by atoms with van der Waals surface area (Å²) in [7, 11) is -2.33. The third-order valence-corrected chi connectivity index (χ3v) is 6.06. The first-order valence-corrected chi connectivity index (χ1v) is 12.5. The number of anilines is 1. The van der Waals surface area contributed by atoms with E-state index in [2.05, 4.69) is 26.7 Å². The van der Waals surface area contributed by atoms with Crippen molar-refractivity contribution in [3.8, 4) is 22.9 Å². The lowest BCUT2D eigenvalue weighted by Gasteiger charge is -2.17. The smallest absolute Gasteiger partial charge is 0.267 e. The first kappa shape index (κ1) is 25.4. The zero-order valence-electron chi connectivity index (χ0n) is 19.9. The van der Waals surface area contributed by atoms with E-state index in [9.17, 15) is 13.5 Å². The molecule has 2 aromatic heterocycles. The fraction of sp³-hybridized carbons (Fsp3) is 0.435. The first-order chi connectivity index (χ1) is 16.1. The number of hydrogen-bond acceptors (Lipinski definition) is 8. The van der Waals surface area contributed by atoms with E-state index in [4.69, 9.17) is 9.47 Å². The minimum Gasteiger partial charge on any atom is -0.494 e. The van der Waals surface area contributed by atoms with Crippen molar-refractivity contribution in [1.82, 2.24) is 19.7 Å². The third-order valence-electron chi connectivity index (χ3n) is 4.78. The molecule has 1 aromatic carbocycles. The summed E-state index contributed by atoms with van der Waals surface area (Å²) in [5.41, 5.74) is 0.258. The molecule has 0 aliphatic heterocycles. The molecule has 10 nitrogen and oxygen atoms in total. The molecule has 2 N–H and O–H groups in total. The summed E-state index contributed by atoms with van der Waals surface area (Å²) in [4.78, 5) is 8.60. The lowest BCUT2D eigenvalue weighted by molar-refractivity contribution is 0.0547. The fourth-order valence-electron chi connectivity index (χ4n) is 2.89. The van der Waals surface area contributed by atoms with Gasteiger partial charge >= 0.3 is 0 Å². The van der Waals surface area contributed by atoms with Gasteiger partial charge in [-0.3, -0.25) is 4.68 Å². The average Bonchev–Trinajstić information content (AvgIpc) is 3.20. The molecule has 11 heteroatoms. The summed E-state index contributed by atoms with van der Waals surface area (Å²) in [5, 5.41) is 13.9. The Morgan fingerprint density at radius 3 is 2.62 bits per heavy atom. The van der Waals surface area contributed by atoms with E-state index in [1.54, 1.807) is 27.0 Å². The number of ether oxygens (including phenoxy) is 2. The number of hydrogen-bond donors (Lipinski definition) is 2. The van der Waals surface area contributed by atoms with Crippen LogP contribution in [0, 0.1) is 0 Å². The predicted octanol–water partition coefficient (Wildman–Crippen LogP) is 3.40. The Bertz CT molecular complexity index is 1200. The van der Waals surface area contributed by atoms with Gasteiger partial charge in [0.15, 0.2) is 0 Å². The van der Waals surface area contributed by atoms with Gasteiger partial charge in [-0.15, -0.1) is 0 Å². The number of aryl methyl sites for hydroxylation is 1. The number of aromatic nitrogens is 4. The van der Waals surface area contributed by atoms with Crippen molar-refractivity contribution in [2.75, 3.05) is 17.9 Å². The van der Waals surface area contributed by atoms with Gasteiger partial charge in [-0.25, -0.2) is 18.1 Å². The Hall–Kier alpha value is -3.18. The van der Waals surface area contributed by atoms with Gasteiger partial charge in [-0.2, -0.15) is 10.1 Å². The molecule has 0 bridgehead atoms. The Morgan fingerprint density at radius 1 is 1.15 bits per heavy atom. The van der Waals surface area contributed by atoms with Crippen LogP contribution in [0.3, 0.4) is 0 Å². The summed E-state index contributed by atoms with van der Waals surface area (Å²) < 4.78 is 40.9. The van der Waals surface area contributed by atoms with Crippen LogP contribution in [0.15, 0.2) is 47.6 Å². The molecular formula is C23H31N5O5S. The summed E-state index contributed by atoms with van der Waals surface area (Å²) >= 11 is 0. The summed E-state index contributed by atoms with van der Waals surface area (Å²) in [6, 6.07) is 8.99. The Labute approximate surface area is 200 Å². The maximum atomic E-state index is 12.8.